The summed E-state index contributed by atoms with van der Waals surface area (Å²) in [4.78, 5) is 5.36. The van der Waals surface area contributed by atoms with Crippen LogP contribution < -0.4 is 10.0 Å². The maximum atomic E-state index is 12.8. The maximum Gasteiger partial charge on any atom is 0.263 e. The summed E-state index contributed by atoms with van der Waals surface area (Å²) in [6.45, 7) is 1.56. The summed E-state index contributed by atoms with van der Waals surface area (Å²) in [5.74, 6) is -0.472. The first kappa shape index (κ1) is 13.5. The zero-order valence-electron chi connectivity index (χ0n) is 10.4. The minimum atomic E-state index is -3.72. The van der Waals surface area contributed by atoms with Crippen LogP contribution in [0, 0.1) is 5.82 Å². The lowest BCUT2D eigenvalue weighted by Gasteiger charge is -2.09. The fraction of sp³-hybridized carbons (Fsp3) is 0.250. The Kier molecular flexibility index (Phi) is 3.45. The van der Waals surface area contributed by atoms with E-state index in [4.69, 9.17) is 0 Å². The van der Waals surface area contributed by atoms with Gasteiger partial charge in [-0.15, -0.1) is 0 Å². The van der Waals surface area contributed by atoms with Crippen molar-refractivity contribution in [3.8, 4) is 0 Å². The predicted octanol–water partition coefficient (Wildman–Crippen LogP) is 1.73. The van der Waals surface area contributed by atoms with E-state index in [0.29, 0.717) is 11.7 Å². The van der Waals surface area contributed by atoms with Crippen LogP contribution in [-0.4, -0.2) is 19.9 Å². The van der Waals surface area contributed by atoms with Crippen LogP contribution in [0.5, 0.6) is 0 Å². The summed E-state index contributed by atoms with van der Waals surface area (Å²) < 4.78 is 39.6. The molecule has 5 nitrogen and oxygen atoms in total. The van der Waals surface area contributed by atoms with Crippen LogP contribution in [0.25, 0.3) is 0 Å². The second-order valence-corrected chi connectivity index (χ2v) is 7.14. The van der Waals surface area contributed by atoms with E-state index in [2.05, 4.69) is 15.0 Å². The molecule has 106 valence electrons. The lowest BCUT2D eigenvalue weighted by Crippen LogP contribution is -2.22. The van der Waals surface area contributed by atoms with Gasteiger partial charge in [-0.2, -0.15) is 0 Å². The molecule has 0 saturated heterocycles. The third kappa shape index (κ3) is 2.67. The quantitative estimate of drug-likeness (QED) is 0.905. The summed E-state index contributed by atoms with van der Waals surface area (Å²) in [5.41, 5.74) is 0.936. The van der Waals surface area contributed by atoms with Crippen LogP contribution in [0.1, 0.15) is 10.6 Å². The van der Waals surface area contributed by atoms with Gasteiger partial charge in [0.25, 0.3) is 10.0 Å². The van der Waals surface area contributed by atoms with Gasteiger partial charge in [0.15, 0.2) is 5.13 Å². The molecule has 0 atom stereocenters. The molecule has 3 rings (SSSR count). The molecule has 0 amide bonds. The van der Waals surface area contributed by atoms with Crippen molar-refractivity contribution in [1.82, 2.24) is 10.3 Å². The lowest BCUT2D eigenvalue weighted by molar-refractivity contribution is 0.599. The highest BCUT2D eigenvalue weighted by molar-refractivity contribution is 7.93. The topological polar surface area (TPSA) is 71.1 Å². The van der Waals surface area contributed by atoms with Crippen LogP contribution in [0.15, 0.2) is 29.2 Å². The molecule has 2 aromatic rings. The monoisotopic (exact) mass is 313 g/mol. The Hall–Kier alpha value is -1.51. The van der Waals surface area contributed by atoms with Crippen LogP contribution in [0.4, 0.5) is 9.52 Å². The van der Waals surface area contributed by atoms with E-state index in [9.17, 15) is 12.8 Å². The number of nitrogens with one attached hydrogen (secondary N) is 2. The van der Waals surface area contributed by atoms with E-state index in [1.807, 2.05) is 0 Å². The third-order valence-electron chi connectivity index (χ3n) is 2.95. The van der Waals surface area contributed by atoms with Crippen molar-refractivity contribution in [3.05, 3.63) is 40.7 Å². The lowest BCUT2D eigenvalue weighted by atomic mass is 10.2. The molecule has 0 saturated carbocycles. The van der Waals surface area contributed by atoms with Gasteiger partial charge in [-0.3, -0.25) is 4.72 Å². The van der Waals surface area contributed by atoms with Gasteiger partial charge in [-0.05, 0) is 24.3 Å². The van der Waals surface area contributed by atoms with Gasteiger partial charge in [0, 0.05) is 24.4 Å². The van der Waals surface area contributed by atoms with Crippen molar-refractivity contribution >= 4 is 26.5 Å². The number of benzene rings is 1. The zero-order chi connectivity index (χ0) is 14.2. The van der Waals surface area contributed by atoms with Gasteiger partial charge < -0.3 is 5.32 Å². The average Bonchev–Trinajstić information content (AvgIpc) is 2.80. The van der Waals surface area contributed by atoms with Gasteiger partial charge in [0.2, 0.25) is 0 Å². The van der Waals surface area contributed by atoms with E-state index in [1.165, 1.54) is 23.5 Å². The fourth-order valence-corrected chi connectivity index (χ4v) is 4.17. The fourth-order valence-electron chi connectivity index (χ4n) is 1.96. The molecule has 0 spiro atoms. The number of sulfonamides is 1. The first-order valence-electron chi connectivity index (χ1n) is 6.02. The SMILES string of the molecule is O=S(=O)(Nc1nc2c(s1)CNCC2)c1ccc(F)cc1. The smallest absolute Gasteiger partial charge is 0.263 e. The molecule has 2 heterocycles. The summed E-state index contributed by atoms with van der Waals surface area (Å²) in [6.07, 6.45) is 0.796. The summed E-state index contributed by atoms with van der Waals surface area (Å²) in [5, 5.41) is 3.56. The second-order valence-electron chi connectivity index (χ2n) is 4.38. The average molecular weight is 313 g/mol. The van der Waals surface area contributed by atoms with Crippen LogP contribution in [0.3, 0.4) is 0 Å². The van der Waals surface area contributed by atoms with Gasteiger partial charge in [-0.1, -0.05) is 11.3 Å². The molecular weight excluding hydrogens is 301 g/mol. The predicted molar refractivity (Wildman–Crippen MR) is 74.7 cm³/mol. The van der Waals surface area contributed by atoms with Crippen LogP contribution in [-0.2, 0) is 23.0 Å². The molecule has 0 unspecified atom stereocenters. The van der Waals surface area contributed by atoms with E-state index < -0.39 is 15.8 Å². The Labute approximate surface area is 119 Å². The van der Waals surface area contributed by atoms with E-state index in [1.54, 1.807) is 0 Å². The van der Waals surface area contributed by atoms with Gasteiger partial charge in [-0.25, -0.2) is 17.8 Å². The van der Waals surface area contributed by atoms with Crippen molar-refractivity contribution in [1.29, 1.82) is 0 Å². The van der Waals surface area contributed by atoms with Gasteiger partial charge >= 0.3 is 0 Å². The zero-order valence-corrected chi connectivity index (χ0v) is 12.0. The molecule has 1 aromatic heterocycles. The molecule has 1 aliphatic heterocycles. The number of aromatic nitrogens is 1. The molecule has 2 N–H and O–H groups in total. The Balaban J connectivity index is 1.86. The van der Waals surface area contributed by atoms with Gasteiger partial charge in [0.1, 0.15) is 5.82 Å². The molecular formula is C12H12FN3O2S2. The standard InChI is InChI=1S/C12H12FN3O2S2/c13-8-1-3-9(4-2-8)20(17,18)16-12-15-10-5-6-14-7-11(10)19-12/h1-4,14H,5-7H2,(H,15,16). The molecule has 8 heteroatoms. The Morgan fingerprint density at radius 1 is 1.30 bits per heavy atom. The summed E-state index contributed by atoms with van der Waals surface area (Å²) in [6, 6.07) is 4.69. The molecule has 0 bridgehead atoms. The van der Waals surface area contributed by atoms with Crippen LogP contribution >= 0.6 is 11.3 Å². The summed E-state index contributed by atoms with van der Waals surface area (Å²) >= 11 is 1.32. The van der Waals surface area contributed by atoms with Crippen molar-refractivity contribution < 1.29 is 12.8 Å². The first-order chi connectivity index (χ1) is 9.54. The van der Waals surface area contributed by atoms with Crippen molar-refractivity contribution in [3.63, 3.8) is 0 Å². The van der Waals surface area contributed by atoms with E-state index in [-0.39, 0.29) is 4.90 Å². The van der Waals surface area contributed by atoms with Crippen LogP contribution in [0.2, 0.25) is 0 Å². The Morgan fingerprint density at radius 2 is 2.05 bits per heavy atom. The second kappa shape index (κ2) is 5.12. The maximum absolute atomic E-state index is 12.8. The van der Waals surface area contributed by atoms with Gasteiger partial charge in [0.05, 0.1) is 10.6 Å². The highest BCUT2D eigenvalue weighted by Gasteiger charge is 2.19. The van der Waals surface area contributed by atoms with Crippen molar-refractivity contribution in [2.45, 2.75) is 17.9 Å². The molecule has 0 radical (unpaired) electrons. The normalized spacial score (nSPS) is 14.8. The number of halogens is 1. The Bertz CT molecular complexity index is 702. The number of anilines is 1. The largest absolute Gasteiger partial charge is 0.311 e. The molecule has 0 fully saturated rings. The van der Waals surface area contributed by atoms with Crippen molar-refractivity contribution in [2.75, 3.05) is 11.3 Å². The third-order valence-corrected chi connectivity index (χ3v) is 5.45. The number of fused-ring (bicyclic) bond motifs is 1. The molecule has 20 heavy (non-hydrogen) atoms. The summed E-state index contributed by atoms with van der Waals surface area (Å²) in [7, 11) is -3.72. The number of rotatable bonds is 3. The minimum Gasteiger partial charge on any atom is -0.311 e. The highest BCUT2D eigenvalue weighted by atomic mass is 32.2. The number of hydrogen-bond acceptors (Lipinski definition) is 5. The van der Waals surface area contributed by atoms with Crippen molar-refractivity contribution in [2.24, 2.45) is 0 Å². The van der Waals surface area contributed by atoms with E-state index in [0.717, 1.165) is 35.7 Å². The molecule has 0 aliphatic carbocycles. The molecule has 1 aromatic carbocycles. The first-order valence-corrected chi connectivity index (χ1v) is 8.32. The number of hydrogen-bond donors (Lipinski definition) is 2. The number of thiazole rings is 1. The minimum absolute atomic E-state index is 0.0187. The highest BCUT2D eigenvalue weighted by Crippen LogP contribution is 2.27. The molecule has 1 aliphatic rings. The Morgan fingerprint density at radius 3 is 2.75 bits per heavy atom. The van der Waals surface area contributed by atoms with E-state index >= 15 is 0 Å². The number of nitrogens with zero attached hydrogens (tertiary/aromatic N) is 1.